The number of H-pyrrole nitrogens is 1. The Hall–Kier alpha value is -2.53. The van der Waals surface area contributed by atoms with Crippen LogP contribution in [-0.4, -0.2) is 52.4 Å². The van der Waals surface area contributed by atoms with Crippen molar-refractivity contribution in [2.24, 2.45) is 0 Å². The van der Waals surface area contributed by atoms with Crippen LogP contribution in [0.5, 0.6) is 0 Å². The second-order valence-corrected chi connectivity index (χ2v) is 5.97. The molecule has 0 spiro atoms. The largest absolute Gasteiger partial charge is 0.463 e. The highest BCUT2D eigenvalue weighted by Gasteiger charge is 2.50. The summed E-state index contributed by atoms with van der Waals surface area (Å²) in [4.78, 5) is 48.7. The minimum Gasteiger partial charge on any atom is -0.463 e. The van der Waals surface area contributed by atoms with Crippen molar-refractivity contribution in [1.82, 2.24) is 9.55 Å². The summed E-state index contributed by atoms with van der Waals surface area (Å²) in [7, 11) is 0. The summed E-state index contributed by atoms with van der Waals surface area (Å²) in [5.41, 5.74) is -0.602. The minimum atomic E-state index is -1.13. The molecule has 1 aromatic heterocycles. The number of nitrogens with one attached hydrogen (secondary N) is 1. The highest BCUT2D eigenvalue weighted by molar-refractivity contribution is 7.71. The fourth-order valence-corrected chi connectivity index (χ4v) is 2.69. The summed E-state index contributed by atoms with van der Waals surface area (Å²) < 4.78 is 22.4. The van der Waals surface area contributed by atoms with Gasteiger partial charge in [-0.1, -0.05) is 12.2 Å². The molecule has 1 N–H and O–H groups in total. The third kappa shape index (κ3) is 4.76. The topological polar surface area (TPSA) is 126 Å². The maximum Gasteiger partial charge on any atom is 0.328 e. The van der Waals surface area contributed by atoms with Crippen molar-refractivity contribution >= 4 is 30.1 Å². The van der Waals surface area contributed by atoms with E-state index in [1.807, 2.05) is 0 Å². The zero-order valence-corrected chi connectivity index (χ0v) is 15.1. The van der Waals surface area contributed by atoms with Crippen molar-refractivity contribution in [3.63, 3.8) is 0 Å². The first-order valence-electron chi connectivity index (χ1n) is 7.63. The quantitative estimate of drug-likeness (QED) is 0.430. The number of aromatic amines is 1. The average Bonchev–Trinajstić information content (AvgIpc) is 2.82. The van der Waals surface area contributed by atoms with E-state index < -0.39 is 48.1 Å². The number of nitrogens with zero attached hydrogens (tertiary/aromatic N) is 1. The van der Waals surface area contributed by atoms with Gasteiger partial charge in [0.2, 0.25) is 0 Å². The van der Waals surface area contributed by atoms with E-state index in [9.17, 15) is 19.2 Å². The predicted octanol–water partition coefficient (Wildman–Crippen LogP) is 0.230. The lowest BCUT2D eigenvalue weighted by molar-refractivity contribution is -0.166. The number of ether oxygens (including phenoxy) is 4. The molecule has 26 heavy (non-hydrogen) atoms. The maximum absolute atomic E-state index is 12.2. The van der Waals surface area contributed by atoms with Gasteiger partial charge in [-0.3, -0.25) is 23.9 Å². The molecule has 0 amide bonds. The molecule has 2 rings (SSSR count). The Bertz CT molecular complexity index is 816. The van der Waals surface area contributed by atoms with E-state index in [4.69, 9.17) is 31.2 Å². The summed E-state index contributed by atoms with van der Waals surface area (Å²) >= 11 is 4.89. The average molecular weight is 386 g/mol. The van der Waals surface area contributed by atoms with Crippen molar-refractivity contribution in [1.29, 1.82) is 0 Å². The van der Waals surface area contributed by atoms with Crippen molar-refractivity contribution in [2.75, 3.05) is 6.61 Å². The van der Waals surface area contributed by atoms with E-state index in [0.29, 0.717) is 0 Å². The highest BCUT2D eigenvalue weighted by atomic mass is 32.1. The van der Waals surface area contributed by atoms with Gasteiger partial charge in [0.15, 0.2) is 18.4 Å². The fourth-order valence-electron chi connectivity index (χ4n) is 2.54. The lowest BCUT2D eigenvalue weighted by Gasteiger charge is -2.23. The standard InChI is InChI=1S/C15H18N2O8S/c1-7(18)22-6-10-12(23-8(2)19)13(24-9(3)20)14(25-10)17-5-4-11(26)16-15(17)21/h4-5,10,12-14H,6H2,1-3H3,(H,16,21,26)/t10-,12-,13-,14+/m0/s1. The Morgan fingerprint density at radius 3 is 2.31 bits per heavy atom. The number of esters is 3. The van der Waals surface area contributed by atoms with Crippen LogP contribution in [-0.2, 0) is 33.3 Å². The van der Waals surface area contributed by atoms with Gasteiger partial charge in [0.25, 0.3) is 0 Å². The lowest BCUT2D eigenvalue weighted by Crippen LogP contribution is -2.41. The molecule has 142 valence electrons. The van der Waals surface area contributed by atoms with Gasteiger partial charge in [-0.15, -0.1) is 0 Å². The molecular formula is C15H18N2O8S. The molecule has 0 radical (unpaired) electrons. The summed E-state index contributed by atoms with van der Waals surface area (Å²) in [5, 5.41) is 0. The molecule has 1 saturated heterocycles. The molecule has 11 heteroatoms. The van der Waals surface area contributed by atoms with Gasteiger partial charge in [-0.05, 0) is 6.07 Å². The number of carbonyl (C=O) groups is 3. The third-order valence-corrected chi connectivity index (χ3v) is 3.70. The molecule has 0 unspecified atom stereocenters. The van der Waals surface area contributed by atoms with Crippen LogP contribution in [0.25, 0.3) is 0 Å². The number of aromatic nitrogens is 2. The number of rotatable bonds is 5. The zero-order chi connectivity index (χ0) is 19.4. The Balaban J connectivity index is 2.41. The molecule has 10 nitrogen and oxygen atoms in total. The van der Waals surface area contributed by atoms with Gasteiger partial charge >= 0.3 is 23.6 Å². The summed E-state index contributed by atoms with van der Waals surface area (Å²) in [6, 6.07) is 1.45. The molecule has 0 aliphatic carbocycles. The SMILES string of the molecule is CC(=O)OC[C@@H]1O[C@@H](n2ccc(=S)[nH]c2=O)[C@@H](OC(C)=O)[C@H]1OC(C)=O. The van der Waals surface area contributed by atoms with Gasteiger partial charge in [0, 0.05) is 27.0 Å². The number of carbonyl (C=O) groups excluding carboxylic acids is 3. The highest BCUT2D eigenvalue weighted by Crippen LogP contribution is 2.33. The first-order chi connectivity index (χ1) is 12.2. The van der Waals surface area contributed by atoms with Gasteiger partial charge in [0.05, 0.1) is 0 Å². The molecule has 1 aliphatic heterocycles. The molecule has 0 saturated carbocycles. The van der Waals surface area contributed by atoms with Gasteiger partial charge in [0.1, 0.15) is 17.4 Å². The Morgan fingerprint density at radius 1 is 1.15 bits per heavy atom. The van der Waals surface area contributed by atoms with E-state index in [1.54, 1.807) is 0 Å². The zero-order valence-electron chi connectivity index (χ0n) is 14.3. The molecule has 1 fully saturated rings. The van der Waals surface area contributed by atoms with Crippen molar-refractivity contribution in [3.8, 4) is 0 Å². The van der Waals surface area contributed by atoms with Gasteiger partial charge in [-0.25, -0.2) is 4.79 Å². The van der Waals surface area contributed by atoms with Crippen molar-refractivity contribution in [3.05, 3.63) is 27.4 Å². The summed E-state index contributed by atoms with van der Waals surface area (Å²) in [5.74, 6) is -1.88. The summed E-state index contributed by atoms with van der Waals surface area (Å²) in [6.07, 6.45) is -2.88. The van der Waals surface area contributed by atoms with Crippen LogP contribution < -0.4 is 5.69 Å². The van der Waals surface area contributed by atoms with E-state index in [-0.39, 0.29) is 11.2 Å². The second-order valence-electron chi connectivity index (χ2n) is 5.53. The molecule has 0 aromatic carbocycles. The van der Waals surface area contributed by atoms with Crippen LogP contribution in [0.2, 0.25) is 0 Å². The smallest absolute Gasteiger partial charge is 0.328 e. The first-order valence-corrected chi connectivity index (χ1v) is 8.04. The van der Waals surface area contributed by atoms with E-state index in [1.165, 1.54) is 33.0 Å². The molecule has 2 heterocycles. The van der Waals surface area contributed by atoms with E-state index >= 15 is 0 Å². The molecule has 1 aliphatic rings. The first kappa shape index (κ1) is 19.8. The normalized spacial score (nSPS) is 24.7. The fraction of sp³-hybridized carbons (Fsp3) is 0.533. The molecule has 1 aromatic rings. The Morgan fingerprint density at radius 2 is 1.77 bits per heavy atom. The number of hydrogen-bond acceptors (Lipinski definition) is 9. The van der Waals surface area contributed by atoms with Crippen LogP contribution >= 0.6 is 12.2 Å². The molecule has 4 atom stereocenters. The van der Waals surface area contributed by atoms with Crippen LogP contribution in [0, 0.1) is 4.64 Å². The second kappa shape index (κ2) is 8.23. The van der Waals surface area contributed by atoms with Crippen molar-refractivity contribution in [2.45, 2.75) is 45.3 Å². The van der Waals surface area contributed by atoms with Gasteiger partial charge < -0.3 is 18.9 Å². The lowest BCUT2D eigenvalue weighted by atomic mass is 10.1. The van der Waals surface area contributed by atoms with Crippen LogP contribution in [0.4, 0.5) is 0 Å². The van der Waals surface area contributed by atoms with Crippen molar-refractivity contribution < 1.29 is 33.3 Å². The predicted molar refractivity (Wildman–Crippen MR) is 87.5 cm³/mol. The van der Waals surface area contributed by atoms with Crippen LogP contribution in [0.3, 0.4) is 0 Å². The maximum atomic E-state index is 12.2. The van der Waals surface area contributed by atoms with Gasteiger partial charge in [-0.2, -0.15) is 0 Å². The number of hydrogen-bond donors (Lipinski definition) is 1. The third-order valence-electron chi connectivity index (χ3n) is 3.47. The Kier molecular flexibility index (Phi) is 6.27. The van der Waals surface area contributed by atoms with Crippen LogP contribution in [0.15, 0.2) is 17.1 Å². The minimum absolute atomic E-state index is 0.210. The molecule has 0 bridgehead atoms. The monoisotopic (exact) mass is 386 g/mol. The Labute approximate surface area is 153 Å². The molecular weight excluding hydrogens is 368 g/mol. The summed E-state index contributed by atoms with van der Waals surface area (Å²) in [6.45, 7) is 3.30. The van der Waals surface area contributed by atoms with E-state index in [0.717, 1.165) is 4.57 Å². The van der Waals surface area contributed by atoms with Crippen LogP contribution in [0.1, 0.15) is 27.0 Å². The van der Waals surface area contributed by atoms with E-state index in [2.05, 4.69) is 4.98 Å².